The molecule has 0 fully saturated rings. The highest BCUT2D eigenvalue weighted by Gasteiger charge is 2.09. The predicted molar refractivity (Wildman–Crippen MR) is 57.2 cm³/mol. The average molecular weight is 198 g/mol. The molecule has 0 radical (unpaired) electrons. The minimum atomic E-state index is -0.289. The van der Waals surface area contributed by atoms with Crippen molar-refractivity contribution in [1.82, 2.24) is 9.78 Å². The number of aliphatic hydroxyl groups is 1. The first-order valence-corrected chi connectivity index (χ1v) is 4.69. The monoisotopic (exact) mass is 198 g/mol. The van der Waals surface area contributed by atoms with E-state index in [1.54, 1.807) is 17.8 Å². The van der Waals surface area contributed by atoms with Gasteiger partial charge < -0.3 is 15.7 Å². The van der Waals surface area contributed by atoms with Gasteiger partial charge in [-0.3, -0.25) is 4.68 Å². The second-order valence-electron chi connectivity index (χ2n) is 3.64. The number of aryl methyl sites for hydroxylation is 1. The normalized spacial score (nSPS) is 12.9. The van der Waals surface area contributed by atoms with Gasteiger partial charge in [-0.25, -0.2) is 0 Å². The second kappa shape index (κ2) is 4.32. The lowest BCUT2D eigenvalue weighted by molar-refractivity contribution is 0.187. The highest BCUT2D eigenvalue weighted by atomic mass is 16.3. The van der Waals surface area contributed by atoms with Crippen molar-refractivity contribution in [2.45, 2.75) is 19.4 Å². The Labute approximate surface area is 84.1 Å². The number of hydrogen-bond acceptors (Lipinski definition) is 4. The molecule has 5 heteroatoms. The van der Waals surface area contributed by atoms with Crippen LogP contribution in [0.1, 0.15) is 13.3 Å². The summed E-state index contributed by atoms with van der Waals surface area (Å²) in [6.07, 6.45) is 2.20. The molecule has 14 heavy (non-hydrogen) atoms. The van der Waals surface area contributed by atoms with Crippen LogP contribution in [-0.2, 0) is 7.05 Å². The zero-order valence-electron chi connectivity index (χ0n) is 8.94. The maximum atomic E-state index is 9.14. The Bertz CT molecular complexity index is 295. The molecule has 3 N–H and O–H groups in total. The number of anilines is 2. The molecule has 1 aromatic heterocycles. The van der Waals surface area contributed by atoms with E-state index in [9.17, 15) is 0 Å². The summed E-state index contributed by atoms with van der Waals surface area (Å²) in [5.41, 5.74) is 6.43. The zero-order chi connectivity index (χ0) is 10.7. The molecular weight excluding hydrogens is 180 g/mol. The lowest BCUT2D eigenvalue weighted by Crippen LogP contribution is -2.23. The molecule has 80 valence electrons. The van der Waals surface area contributed by atoms with Crippen LogP contribution in [0.15, 0.2) is 6.20 Å². The van der Waals surface area contributed by atoms with Crippen LogP contribution < -0.4 is 10.6 Å². The largest absolute Gasteiger partial charge is 0.394 e. The molecule has 1 heterocycles. The fraction of sp³-hybridized carbons (Fsp3) is 0.667. The van der Waals surface area contributed by atoms with Crippen molar-refractivity contribution in [3.63, 3.8) is 0 Å². The van der Waals surface area contributed by atoms with E-state index in [0.29, 0.717) is 12.1 Å². The van der Waals surface area contributed by atoms with Gasteiger partial charge in [-0.1, -0.05) is 0 Å². The number of aliphatic hydroxyl groups excluding tert-OH is 1. The first-order chi connectivity index (χ1) is 6.50. The minimum Gasteiger partial charge on any atom is -0.394 e. The third kappa shape index (κ3) is 2.63. The molecule has 1 unspecified atom stereocenters. The van der Waals surface area contributed by atoms with E-state index in [4.69, 9.17) is 10.8 Å². The van der Waals surface area contributed by atoms with Gasteiger partial charge in [0.05, 0.1) is 11.8 Å². The van der Waals surface area contributed by atoms with Crippen molar-refractivity contribution < 1.29 is 5.11 Å². The van der Waals surface area contributed by atoms with Gasteiger partial charge in [0.1, 0.15) is 0 Å². The van der Waals surface area contributed by atoms with Crippen molar-refractivity contribution in [2.24, 2.45) is 7.05 Å². The van der Waals surface area contributed by atoms with Gasteiger partial charge in [-0.15, -0.1) is 0 Å². The summed E-state index contributed by atoms with van der Waals surface area (Å²) in [5, 5.41) is 13.4. The number of aromatic nitrogens is 2. The Morgan fingerprint density at radius 2 is 2.36 bits per heavy atom. The van der Waals surface area contributed by atoms with Gasteiger partial charge in [0.15, 0.2) is 5.82 Å². The van der Waals surface area contributed by atoms with Crippen LogP contribution in [0.3, 0.4) is 0 Å². The Hall–Kier alpha value is -1.23. The molecule has 0 saturated carbocycles. The lowest BCUT2D eigenvalue weighted by atomic mass is 10.3. The fourth-order valence-corrected chi connectivity index (χ4v) is 1.28. The number of hydrogen-bond donors (Lipinski definition) is 2. The summed E-state index contributed by atoms with van der Waals surface area (Å²) in [4.78, 5) is 1.95. The quantitative estimate of drug-likeness (QED) is 0.725. The van der Waals surface area contributed by atoms with Crippen molar-refractivity contribution in [3.8, 4) is 0 Å². The van der Waals surface area contributed by atoms with Gasteiger partial charge in [-0.2, -0.15) is 5.10 Å². The van der Waals surface area contributed by atoms with Gasteiger partial charge in [0.2, 0.25) is 0 Å². The SMILES string of the molecule is CC(O)CCN(C)c1nn(C)cc1N. The van der Waals surface area contributed by atoms with Crippen LogP contribution in [-0.4, -0.2) is 34.6 Å². The van der Waals surface area contributed by atoms with Gasteiger partial charge in [0, 0.05) is 26.8 Å². The summed E-state index contributed by atoms with van der Waals surface area (Å²) in [6, 6.07) is 0. The molecule has 0 aliphatic carbocycles. The van der Waals surface area contributed by atoms with E-state index < -0.39 is 0 Å². The third-order valence-electron chi connectivity index (χ3n) is 2.08. The van der Waals surface area contributed by atoms with Crippen LogP contribution in [0.25, 0.3) is 0 Å². The molecule has 1 atom stereocenters. The van der Waals surface area contributed by atoms with Crippen LogP contribution >= 0.6 is 0 Å². The summed E-state index contributed by atoms with van der Waals surface area (Å²) in [6.45, 7) is 2.52. The summed E-state index contributed by atoms with van der Waals surface area (Å²) < 4.78 is 1.68. The van der Waals surface area contributed by atoms with Gasteiger partial charge in [0.25, 0.3) is 0 Å². The molecule has 0 amide bonds. The molecule has 0 aliphatic rings. The Morgan fingerprint density at radius 1 is 1.71 bits per heavy atom. The summed E-state index contributed by atoms with van der Waals surface area (Å²) >= 11 is 0. The number of nitrogen functional groups attached to an aromatic ring is 1. The van der Waals surface area contributed by atoms with Crippen molar-refractivity contribution in [1.29, 1.82) is 0 Å². The first-order valence-electron chi connectivity index (χ1n) is 4.69. The van der Waals surface area contributed by atoms with Crippen LogP contribution in [0.4, 0.5) is 11.5 Å². The molecule has 0 spiro atoms. The highest BCUT2D eigenvalue weighted by Crippen LogP contribution is 2.18. The van der Waals surface area contributed by atoms with E-state index in [-0.39, 0.29) is 6.10 Å². The van der Waals surface area contributed by atoms with E-state index in [1.807, 2.05) is 19.0 Å². The predicted octanol–water partition coefficient (Wildman–Crippen LogP) is 0.209. The molecule has 0 saturated heterocycles. The smallest absolute Gasteiger partial charge is 0.173 e. The summed E-state index contributed by atoms with van der Waals surface area (Å²) in [7, 11) is 3.75. The summed E-state index contributed by atoms with van der Waals surface area (Å²) in [5.74, 6) is 0.771. The van der Waals surface area contributed by atoms with Crippen LogP contribution in [0.5, 0.6) is 0 Å². The van der Waals surface area contributed by atoms with Crippen LogP contribution in [0, 0.1) is 0 Å². The van der Waals surface area contributed by atoms with E-state index >= 15 is 0 Å². The number of nitrogens with two attached hydrogens (primary N) is 1. The second-order valence-corrected chi connectivity index (χ2v) is 3.64. The molecule has 5 nitrogen and oxygen atoms in total. The van der Waals surface area contributed by atoms with E-state index in [1.165, 1.54) is 0 Å². The van der Waals surface area contributed by atoms with Crippen molar-refractivity contribution in [3.05, 3.63) is 6.20 Å². The standard InChI is InChI=1S/C9H18N4O/c1-7(14)4-5-12(2)9-8(10)6-13(3)11-9/h6-7,14H,4-5,10H2,1-3H3. The topological polar surface area (TPSA) is 67.3 Å². The molecule has 1 rings (SSSR count). The Kier molecular flexibility index (Phi) is 3.35. The zero-order valence-corrected chi connectivity index (χ0v) is 8.94. The third-order valence-corrected chi connectivity index (χ3v) is 2.08. The molecular formula is C9H18N4O. The number of rotatable bonds is 4. The molecule has 0 aromatic carbocycles. The molecule has 0 bridgehead atoms. The average Bonchev–Trinajstić information content (AvgIpc) is 2.41. The van der Waals surface area contributed by atoms with Gasteiger partial charge in [-0.05, 0) is 13.3 Å². The Morgan fingerprint density at radius 3 is 2.79 bits per heavy atom. The Balaban J connectivity index is 2.60. The van der Waals surface area contributed by atoms with Crippen molar-refractivity contribution >= 4 is 11.5 Å². The van der Waals surface area contributed by atoms with E-state index in [2.05, 4.69) is 5.10 Å². The first kappa shape index (κ1) is 10.8. The maximum Gasteiger partial charge on any atom is 0.173 e. The lowest BCUT2D eigenvalue weighted by Gasteiger charge is -2.17. The van der Waals surface area contributed by atoms with Crippen LogP contribution in [0.2, 0.25) is 0 Å². The van der Waals surface area contributed by atoms with E-state index in [0.717, 1.165) is 12.4 Å². The fourth-order valence-electron chi connectivity index (χ4n) is 1.28. The molecule has 1 aromatic rings. The minimum absolute atomic E-state index is 0.289. The number of nitrogens with zero attached hydrogens (tertiary/aromatic N) is 3. The molecule has 0 aliphatic heterocycles. The van der Waals surface area contributed by atoms with Crippen molar-refractivity contribution in [2.75, 3.05) is 24.2 Å². The maximum absolute atomic E-state index is 9.14. The highest BCUT2D eigenvalue weighted by molar-refractivity contribution is 5.61. The van der Waals surface area contributed by atoms with Gasteiger partial charge >= 0.3 is 0 Å².